The lowest BCUT2D eigenvalue weighted by Crippen LogP contribution is -2.51. The van der Waals surface area contributed by atoms with E-state index in [1.807, 2.05) is 6.07 Å². The maximum absolute atomic E-state index is 12.5. The molecule has 0 radical (unpaired) electrons. The maximum atomic E-state index is 12.5. The molecule has 1 unspecified atom stereocenters. The average molecular weight is 391 g/mol. The molecule has 156 valence electrons. The van der Waals surface area contributed by atoms with Gasteiger partial charge in [0.15, 0.2) is 0 Å². The van der Waals surface area contributed by atoms with Crippen LogP contribution in [-0.4, -0.2) is 53.2 Å². The first-order valence-electron chi connectivity index (χ1n) is 10.3. The van der Waals surface area contributed by atoms with E-state index in [1.54, 1.807) is 0 Å². The van der Waals surface area contributed by atoms with Crippen LogP contribution in [0.15, 0.2) is 30.3 Å². The van der Waals surface area contributed by atoms with E-state index in [9.17, 15) is 14.8 Å². The first kappa shape index (κ1) is 22.3. The van der Waals surface area contributed by atoms with Crippen molar-refractivity contribution in [3.8, 4) is 0 Å². The van der Waals surface area contributed by atoms with Gasteiger partial charge in [-0.2, -0.15) is 0 Å². The van der Waals surface area contributed by atoms with Gasteiger partial charge in [0.05, 0.1) is 12.5 Å². The summed E-state index contributed by atoms with van der Waals surface area (Å²) >= 11 is 0. The molecule has 1 aromatic carbocycles. The zero-order valence-electron chi connectivity index (χ0n) is 16.8. The predicted octanol–water partition coefficient (Wildman–Crippen LogP) is 2.32. The van der Waals surface area contributed by atoms with E-state index in [2.05, 4.69) is 46.9 Å². The smallest absolute Gasteiger partial charge is 0.239 e. The van der Waals surface area contributed by atoms with Crippen molar-refractivity contribution in [3.63, 3.8) is 0 Å². The Kier molecular flexibility index (Phi) is 9.96. The van der Waals surface area contributed by atoms with Crippen LogP contribution in [-0.2, 0) is 16.1 Å². The number of unbranched alkanes of at least 4 members (excludes halogenated alkanes) is 2. The van der Waals surface area contributed by atoms with Crippen LogP contribution in [0.4, 0.5) is 0 Å². The number of likely N-dealkylation sites (tertiary alicyclic amines) is 1. The molecular weight excluding hydrogens is 356 g/mol. The summed E-state index contributed by atoms with van der Waals surface area (Å²) in [6.07, 6.45) is 5.92. The second kappa shape index (κ2) is 12.5. The predicted molar refractivity (Wildman–Crippen MR) is 108 cm³/mol. The lowest BCUT2D eigenvalue weighted by molar-refractivity contribution is -0.154. The minimum atomic E-state index is -0.410. The minimum absolute atomic E-state index is 0.0241. The summed E-state index contributed by atoms with van der Waals surface area (Å²) in [5.74, 6) is -0.573. The van der Waals surface area contributed by atoms with Crippen LogP contribution in [0.25, 0.3) is 0 Å². The molecule has 0 saturated carbocycles. The highest BCUT2D eigenvalue weighted by molar-refractivity contribution is 5.78. The Morgan fingerprint density at radius 1 is 1.29 bits per heavy atom. The molecule has 0 aromatic heterocycles. The van der Waals surface area contributed by atoms with E-state index in [-0.39, 0.29) is 18.5 Å². The monoisotopic (exact) mass is 390 g/mol. The van der Waals surface area contributed by atoms with Crippen LogP contribution < -0.4 is 10.9 Å². The number of hydroxylamine groups is 2. The van der Waals surface area contributed by atoms with Crippen LogP contribution in [0, 0.1) is 5.92 Å². The molecule has 2 amide bonds. The number of rotatable bonds is 12. The van der Waals surface area contributed by atoms with Crippen LogP contribution in [0.2, 0.25) is 0 Å². The van der Waals surface area contributed by atoms with Gasteiger partial charge in [0.2, 0.25) is 12.3 Å². The quantitative estimate of drug-likeness (QED) is 0.221. The highest BCUT2D eigenvalue weighted by Crippen LogP contribution is 2.14. The molecule has 3 N–H and O–H groups in total. The zero-order chi connectivity index (χ0) is 20.2. The third kappa shape index (κ3) is 7.96. The Labute approximate surface area is 168 Å². The van der Waals surface area contributed by atoms with Gasteiger partial charge in [-0.15, -0.1) is 0 Å². The van der Waals surface area contributed by atoms with Gasteiger partial charge in [-0.1, -0.05) is 56.5 Å². The molecule has 2 rings (SSSR count). The number of benzene rings is 1. The van der Waals surface area contributed by atoms with Gasteiger partial charge in [0.1, 0.15) is 0 Å². The molecule has 1 aliphatic rings. The van der Waals surface area contributed by atoms with Crippen molar-refractivity contribution in [2.24, 2.45) is 5.92 Å². The molecule has 0 aliphatic carbocycles. The number of nitrogens with one attached hydrogen (secondary N) is 2. The van der Waals surface area contributed by atoms with Gasteiger partial charge in [-0.25, -0.2) is 10.5 Å². The minimum Gasteiger partial charge on any atom is -0.299 e. The van der Waals surface area contributed by atoms with Gasteiger partial charge >= 0.3 is 0 Å². The topological polar surface area (TPSA) is 84.9 Å². The van der Waals surface area contributed by atoms with Gasteiger partial charge in [0.25, 0.3) is 0 Å². The molecule has 1 aromatic rings. The number of hydrogen-bond acceptors (Lipinski definition) is 5. The molecular formula is C21H34N4O3. The standard InChI is InChI=1S/C21H34N4O3/c1-2-3-5-10-19(16-25(28)17-26)21(27)23-22-20-11-13-24(14-12-20)15-18-8-6-4-7-9-18/h4,6-9,17,19-20,22,28H,2-3,5,10-16H2,1H3,(H,23,27). The number of hydrogen-bond donors (Lipinski definition) is 3. The number of amides is 2. The Morgan fingerprint density at radius 2 is 2.00 bits per heavy atom. The summed E-state index contributed by atoms with van der Waals surface area (Å²) in [7, 11) is 0. The fraction of sp³-hybridized carbons (Fsp3) is 0.619. The van der Waals surface area contributed by atoms with Gasteiger partial charge in [0, 0.05) is 25.7 Å². The van der Waals surface area contributed by atoms with Crippen molar-refractivity contribution >= 4 is 12.3 Å². The number of carbonyl (C=O) groups is 2. The summed E-state index contributed by atoms with van der Waals surface area (Å²) in [6, 6.07) is 10.7. The molecule has 0 bridgehead atoms. The SMILES string of the molecule is CCCCCC(CN(O)C=O)C(=O)NNC1CCN(Cc2ccccc2)CC1. The second-order valence-corrected chi connectivity index (χ2v) is 7.59. The third-order valence-corrected chi connectivity index (χ3v) is 5.29. The molecule has 0 spiro atoms. The lowest BCUT2D eigenvalue weighted by Gasteiger charge is -2.32. The number of piperidine rings is 1. The summed E-state index contributed by atoms with van der Waals surface area (Å²) < 4.78 is 0. The Hall–Kier alpha value is -1.96. The zero-order valence-corrected chi connectivity index (χ0v) is 16.8. The van der Waals surface area contributed by atoms with Crippen molar-refractivity contribution in [3.05, 3.63) is 35.9 Å². The largest absolute Gasteiger partial charge is 0.299 e. The molecule has 7 heteroatoms. The molecule has 1 aliphatic heterocycles. The van der Waals surface area contributed by atoms with Crippen molar-refractivity contribution in [1.82, 2.24) is 20.8 Å². The molecule has 1 fully saturated rings. The highest BCUT2D eigenvalue weighted by atomic mass is 16.5. The van der Waals surface area contributed by atoms with Crippen molar-refractivity contribution in [2.75, 3.05) is 19.6 Å². The molecule has 1 atom stereocenters. The van der Waals surface area contributed by atoms with Crippen molar-refractivity contribution in [1.29, 1.82) is 0 Å². The van der Waals surface area contributed by atoms with E-state index < -0.39 is 5.92 Å². The molecule has 1 saturated heterocycles. The first-order chi connectivity index (χ1) is 13.6. The third-order valence-electron chi connectivity index (χ3n) is 5.29. The van der Waals surface area contributed by atoms with Gasteiger partial charge in [-0.05, 0) is 24.8 Å². The van der Waals surface area contributed by atoms with Crippen LogP contribution in [0.3, 0.4) is 0 Å². The fourth-order valence-electron chi connectivity index (χ4n) is 3.57. The summed E-state index contributed by atoms with van der Waals surface area (Å²) in [5, 5.41) is 10.0. The van der Waals surface area contributed by atoms with Crippen LogP contribution in [0.5, 0.6) is 0 Å². The van der Waals surface area contributed by atoms with E-state index in [0.717, 1.165) is 51.7 Å². The Balaban J connectivity index is 1.72. The van der Waals surface area contributed by atoms with Gasteiger partial charge < -0.3 is 0 Å². The summed E-state index contributed by atoms with van der Waals surface area (Å²) in [4.78, 5) is 25.6. The van der Waals surface area contributed by atoms with Crippen LogP contribution >= 0.6 is 0 Å². The number of nitrogens with zero attached hydrogens (tertiary/aromatic N) is 2. The highest BCUT2D eigenvalue weighted by Gasteiger charge is 2.23. The molecule has 1 heterocycles. The van der Waals surface area contributed by atoms with E-state index in [0.29, 0.717) is 17.9 Å². The summed E-state index contributed by atoms with van der Waals surface area (Å²) in [5.41, 5.74) is 7.29. The molecule has 28 heavy (non-hydrogen) atoms. The maximum Gasteiger partial charge on any atom is 0.239 e. The lowest BCUT2D eigenvalue weighted by atomic mass is 10.0. The average Bonchev–Trinajstić information content (AvgIpc) is 2.73. The number of carbonyl (C=O) groups excluding carboxylic acids is 2. The Morgan fingerprint density at radius 3 is 2.64 bits per heavy atom. The van der Waals surface area contributed by atoms with E-state index >= 15 is 0 Å². The normalized spacial score (nSPS) is 16.5. The fourth-order valence-corrected chi connectivity index (χ4v) is 3.57. The molecule has 7 nitrogen and oxygen atoms in total. The van der Waals surface area contributed by atoms with Gasteiger partial charge in [-0.3, -0.25) is 25.1 Å². The first-order valence-corrected chi connectivity index (χ1v) is 10.3. The van der Waals surface area contributed by atoms with Crippen molar-refractivity contribution < 1.29 is 14.8 Å². The van der Waals surface area contributed by atoms with Crippen molar-refractivity contribution in [2.45, 2.75) is 58.0 Å². The van der Waals surface area contributed by atoms with E-state index in [4.69, 9.17) is 0 Å². The Bertz CT molecular complexity index is 576. The second-order valence-electron chi connectivity index (χ2n) is 7.59. The number of hydrazine groups is 1. The van der Waals surface area contributed by atoms with E-state index in [1.165, 1.54) is 5.56 Å². The van der Waals surface area contributed by atoms with Crippen LogP contribution in [0.1, 0.15) is 51.0 Å². The summed E-state index contributed by atoms with van der Waals surface area (Å²) in [6.45, 7) is 5.05.